The van der Waals surface area contributed by atoms with Crippen molar-refractivity contribution in [2.75, 3.05) is 13.1 Å². The van der Waals surface area contributed by atoms with Crippen LogP contribution in [0.2, 0.25) is 10.0 Å². The number of rotatable bonds is 5. The van der Waals surface area contributed by atoms with Crippen LogP contribution in [0.4, 0.5) is 0 Å². The molecule has 1 fully saturated rings. The number of nitrogens with one attached hydrogen (secondary N) is 1. The van der Waals surface area contributed by atoms with Crippen LogP contribution in [0.5, 0.6) is 0 Å². The molecule has 1 aliphatic heterocycles. The van der Waals surface area contributed by atoms with Crippen LogP contribution >= 0.6 is 23.2 Å². The number of carbonyl (C=O) groups is 1. The number of hydrogen-bond donors (Lipinski definition) is 1. The molecular weight excluding hydrogens is 357 g/mol. The summed E-state index contributed by atoms with van der Waals surface area (Å²) in [4.78, 5) is 18.8. The van der Waals surface area contributed by atoms with E-state index in [1.54, 1.807) is 12.4 Å². The van der Waals surface area contributed by atoms with Crippen LogP contribution in [0.15, 0.2) is 42.7 Å². The van der Waals surface area contributed by atoms with E-state index < -0.39 is 0 Å². The lowest BCUT2D eigenvalue weighted by atomic mass is 9.96. The molecule has 2 heterocycles. The number of pyridine rings is 1. The lowest BCUT2D eigenvalue weighted by Crippen LogP contribution is -2.42. The van der Waals surface area contributed by atoms with Gasteiger partial charge in [0.15, 0.2) is 0 Å². The summed E-state index contributed by atoms with van der Waals surface area (Å²) in [6.07, 6.45) is 5.40. The molecular formula is C19H21Cl2N3O. The Kier molecular flexibility index (Phi) is 6.29. The fourth-order valence-corrected chi connectivity index (χ4v) is 3.67. The Bertz CT molecular complexity index is 704. The number of aromatic nitrogens is 1. The molecule has 0 bridgehead atoms. The zero-order valence-electron chi connectivity index (χ0n) is 13.9. The molecule has 1 aromatic carbocycles. The molecule has 2 aromatic rings. The summed E-state index contributed by atoms with van der Waals surface area (Å²) in [5.74, 6) is 0.0884. The van der Waals surface area contributed by atoms with E-state index in [1.807, 2.05) is 30.3 Å². The first-order valence-corrected chi connectivity index (χ1v) is 9.21. The predicted molar refractivity (Wildman–Crippen MR) is 101 cm³/mol. The third-order valence-electron chi connectivity index (χ3n) is 4.51. The van der Waals surface area contributed by atoms with E-state index in [1.165, 1.54) is 0 Å². The maximum atomic E-state index is 12.5. The number of hydrogen-bond acceptors (Lipinski definition) is 3. The Labute approximate surface area is 158 Å². The molecule has 0 spiro atoms. The molecule has 25 heavy (non-hydrogen) atoms. The van der Waals surface area contributed by atoms with Crippen LogP contribution in [0.25, 0.3) is 0 Å². The molecule has 4 nitrogen and oxygen atoms in total. The van der Waals surface area contributed by atoms with E-state index in [0.717, 1.165) is 37.1 Å². The highest BCUT2D eigenvalue weighted by Gasteiger charge is 2.26. The number of halogens is 2. The summed E-state index contributed by atoms with van der Waals surface area (Å²) in [6, 6.07) is 9.38. The van der Waals surface area contributed by atoms with Crippen molar-refractivity contribution in [3.05, 3.63) is 63.9 Å². The molecule has 6 heteroatoms. The maximum absolute atomic E-state index is 12.5. The lowest BCUT2D eigenvalue weighted by molar-refractivity contribution is -0.126. The molecule has 1 amide bonds. The van der Waals surface area contributed by atoms with Crippen LogP contribution in [-0.4, -0.2) is 28.9 Å². The number of benzene rings is 1. The van der Waals surface area contributed by atoms with Crippen molar-refractivity contribution < 1.29 is 4.79 Å². The Hall–Kier alpha value is -1.62. The summed E-state index contributed by atoms with van der Waals surface area (Å²) < 4.78 is 0. The number of likely N-dealkylation sites (tertiary alicyclic amines) is 1. The van der Waals surface area contributed by atoms with Crippen LogP contribution in [0, 0.1) is 5.92 Å². The SMILES string of the molecule is O=C(NCc1cccnc1)[C@@H]1CCCN(Cc2c(Cl)cccc2Cl)C1. The fourth-order valence-electron chi connectivity index (χ4n) is 3.16. The molecule has 1 aliphatic rings. The monoisotopic (exact) mass is 377 g/mol. The van der Waals surface area contributed by atoms with Gasteiger partial charge in [-0.25, -0.2) is 0 Å². The molecule has 1 aromatic heterocycles. The van der Waals surface area contributed by atoms with Crippen LogP contribution in [0.3, 0.4) is 0 Å². The summed E-state index contributed by atoms with van der Waals surface area (Å²) >= 11 is 12.5. The highest BCUT2D eigenvalue weighted by molar-refractivity contribution is 6.35. The molecule has 1 atom stereocenters. The third-order valence-corrected chi connectivity index (χ3v) is 5.22. The summed E-state index contributed by atoms with van der Waals surface area (Å²) in [5, 5.41) is 4.37. The second kappa shape index (κ2) is 8.65. The second-order valence-corrected chi connectivity index (χ2v) is 7.17. The van der Waals surface area contributed by atoms with Crippen molar-refractivity contribution in [1.82, 2.24) is 15.2 Å². The number of nitrogens with zero attached hydrogens (tertiary/aromatic N) is 2. The smallest absolute Gasteiger partial charge is 0.224 e. The van der Waals surface area contributed by atoms with Gasteiger partial charge in [0.1, 0.15) is 0 Å². The van der Waals surface area contributed by atoms with E-state index in [9.17, 15) is 4.79 Å². The molecule has 0 aliphatic carbocycles. The number of carbonyl (C=O) groups excluding carboxylic acids is 1. The zero-order chi connectivity index (χ0) is 17.6. The van der Waals surface area contributed by atoms with Gasteiger partial charge in [0.2, 0.25) is 5.91 Å². The van der Waals surface area contributed by atoms with Crippen LogP contribution in [-0.2, 0) is 17.9 Å². The standard InChI is InChI=1S/C19H21Cl2N3O/c20-17-6-1-7-18(21)16(17)13-24-9-3-5-15(12-24)19(25)23-11-14-4-2-8-22-10-14/h1-2,4,6-8,10,15H,3,5,9,11-13H2,(H,23,25)/t15-/m1/s1. The Balaban J connectivity index is 1.56. The number of amides is 1. The highest BCUT2D eigenvalue weighted by atomic mass is 35.5. The van der Waals surface area contributed by atoms with Gasteiger partial charge in [-0.1, -0.05) is 35.3 Å². The topological polar surface area (TPSA) is 45.2 Å². The zero-order valence-corrected chi connectivity index (χ0v) is 15.4. The van der Waals surface area contributed by atoms with Crippen molar-refractivity contribution in [2.45, 2.75) is 25.9 Å². The van der Waals surface area contributed by atoms with Crippen molar-refractivity contribution in [3.8, 4) is 0 Å². The van der Waals surface area contributed by atoms with Gasteiger partial charge in [-0.2, -0.15) is 0 Å². The molecule has 132 valence electrons. The largest absolute Gasteiger partial charge is 0.352 e. The van der Waals surface area contributed by atoms with Gasteiger partial charge in [0.05, 0.1) is 5.92 Å². The van der Waals surface area contributed by atoms with E-state index in [0.29, 0.717) is 23.1 Å². The Morgan fingerprint density at radius 1 is 1.24 bits per heavy atom. The lowest BCUT2D eigenvalue weighted by Gasteiger charge is -2.32. The van der Waals surface area contributed by atoms with Gasteiger partial charge < -0.3 is 5.32 Å². The maximum Gasteiger partial charge on any atom is 0.224 e. The third kappa shape index (κ3) is 4.94. The predicted octanol–water partition coefficient (Wildman–Crippen LogP) is 3.92. The van der Waals surface area contributed by atoms with Gasteiger partial charge in [-0.05, 0) is 43.1 Å². The van der Waals surface area contributed by atoms with Gasteiger partial charge in [0.25, 0.3) is 0 Å². The van der Waals surface area contributed by atoms with Crippen LogP contribution in [0.1, 0.15) is 24.0 Å². The van der Waals surface area contributed by atoms with E-state index in [-0.39, 0.29) is 11.8 Å². The Morgan fingerprint density at radius 2 is 2.04 bits per heavy atom. The molecule has 3 rings (SSSR count). The first kappa shape index (κ1) is 18.2. The summed E-state index contributed by atoms with van der Waals surface area (Å²) in [6.45, 7) is 2.86. The van der Waals surface area contributed by atoms with Gasteiger partial charge >= 0.3 is 0 Å². The average Bonchev–Trinajstić information content (AvgIpc) is 2.64. The summed E-state index contributed by atoms with van der Waals surface area (Å²) in [7, 11) is 0. The van der Waals surface area contributed by atoms with Crippen molar-refractivity contribution in [1.29, 1.82) is 0 Å². The van der Waals surface area contributed by atoms with Crippen LogP contribution < -0.4 is 5.32 Å². The summed E-state index contributed by atoms with van der Waals surface area (Å²) in [5.41, 5.74) is 1.94. The first-order valence-electron chi connectivity index (χ1n) is 8.45. The molecule has 0 unspecified atom stereocenters. The van der Waals surface area contributed by atoms with E-state index in [4.69, 9.17) is 23.2 Å². The fraction of sp³-hybridized carbons (Fsp3) is 0.368. The van der Waals surface area contributed by atoms with Gasteiger partial charge in [-0.15, -0.1) is 0 Å². The van der Waals surface area contributed by atoms with Gasteiger partial charge in [0, 0.05) is 47.6 Å². The minimum absolute atomic E-state index is 0.00770. The van der Waals surface area contributed by atoms with Crippen molar-refractivity contribution in [2.24, 2.45) is 5.92 Å². The molecule has 1 saturated heterocycles. The Morgan fingerprint density at radius 3 is 2.76 bits per heavy atom. The van der Waals surface area contributed by atoms with E-state index >= 15 is 0 Å². The number of piperidine rings is 1. The minimum Gasteiger partial charge on any atom is -0.352 e. The molecule has 0 saturated carbocycles. The van der Waals surface area contributed by atoms with Crippen molar-refractivity contribution in [3.63, 3.8) is 0 Å². The average molecular weight is 378 g/mol. The first-order chi connectivity index (χ1) is 12.1. The van der Waals surface area contributed by atoms with Crippen molar-refractivity contribution >= 4 is 29.1 Å². The highest BCUT2D eigenvalue weighted by Crippen LogP contribution is 2.27. The molecule has 0 radical (unpaired) electrons. The second-order valence-electron chi connectivity index (χ2n) is 6.35. The van der Waals surface area contributed by atoms with E-state index in [2.05, 4.69) is 15.2 Å². The minimum atomic E-state index is -0.00770. The normalized spacial score (nSPS) is 18.1. The molecule has 1 N–H and O–H groups in total. The van der Waals surface area contributed by atoms with Gasteiger partial charge in [-0.3, -0.25) is 14.7 Å². The quantitative estimate of drug-likeness (QED) is 0.858.